The first-order valence-electron chi connectivity index (χ1n) is 6.44. The third-order valence-electron chi connectivity index (χ3n) is 2.96. The van der Waals surface area contributed by atoms with Crippen molar-refractivity contribution in [2.75, 3.05) is 0 Å². The van der Waals surface area contributed by atoms with E-state index in [1.165, 1.54) is 11.0 Å². The maximum absolute atomic E-state index is 11.8. The van der Waals surface area contributed by atoms with Crippen LogP contribution in [0.25, 0.3) is 5.69 Å². The van der Waals surface area contributed by atoms with Crippen molar-refractivity contribution in [1.29, 1.82) is 0 Å². The summed E-state index contributed by atoms with van der Waals surface area (Å²) in [6.45, 7) is 1.71. The van der Waals surface area contributed by atoms with Gasteiger partial charge in [0, 0.05) is 0 Å². The second kappa shape index (κ2) is 6.60. The van der Waals surface area contributed by atoms with Crippen LogP contribution in [0.3, 0.4) is 0 Å². The van der Waals surface area contributed by atoms with Gasteiger partial charge in [0.05, 0.1) is 12.1 Å². The molecule has 0 aliphatic heterocycles. The number of hydrogen-bond acceptors (Lipinski definition) is 5. The van der Waals surface area contributed by atoms with E-state index in [0.717, 1.165) is 11.3 Å². The van der Waals surface area contributed by atoms with Crippen molar-refractivity contribution in [2.24, 2.45) is 0 Å². The summed E-state index contributed by atoms with van der Waals surface area (Å²) in [5, 5.41) is 22.2. The van der Waals surface area contributed by atoms with Crippen LogP contribution in [-0.2, 0) is 16.0 Å². The normalized spacial score (nSPS) is 11.9. The van der Waals surface area contributed by atoms with Gasteiger partial charge in [-0.3, -0.25) is 4.79 Å². The van der Waals surface area contributed by atoms with E-state index in [-0.39, 0.29) is 12.3 Å². The van der Waals surface area contributed by atoms with Gasteiger partial charge in [0.25, 0.3) is 0 Å². The number of carboxylic acids is 1. The Hall–Kier alpha value is -2.77. The van der Waals surface area contributed by atoms with Gasteiger partial charge in [-0.15, -0.1) is 5.10 Å². The minimum absolute atomic E-state index is 0.125. The van der Waals surface area contributed by atoms with Crippen LogP contribution in [-0.4, -0.2) is 43.2 Å². The lowest BCUT2D eigenvalue weighted by Gasteiger charge is -2.12. The van der Waals surface area contributed by atoms with Crippen LogP contribution >= 0.6 is 0 Å². The quantitative estimate of drug-likeness (QED) is 0.785. The molecule has 2 N–H and O–H groups in total. The van der Waals surface area contributed by atoms with Gasteiger partial charge in [-0.05, 0) is 34.5 Å². The van der Waals surface area contributed by atoms with Gasteiger partial charge >= 0.3 is 5.97 Å². The number of rotatable bonds is 6. The molecule has 8 nitrogen and oxygen atoms in total. The highest BCUT2D eigenvalue weighted by Gasteiger charge is 2.17. The van der Waals surface area contributed by atoms with E-state index >= 15 is 0 Å². The van der Waals surface area contributed by atoms with Crippen molar-refractivity contribution in [3.8, 4) is 5.69 Å². The molecule has 2 aromatic rings. The Morgan fingerprint density at radius 3 is 2.57 bits per heavy atom. The summed E-state index contributed by atoms with van der Waals surface area (Å²) >= 11 is 0. The molecule has 0 saturated carbocycles. The number of aromatic nitrogens is 4. The Labute approximate surface area is 120 Å². The predicted molar refractivity (Wildman–Crippen MR) is 72.7 cm³/mol. The lowest BCUT2D eigenvalue weighted by atomic mass is 10.1. The molecule has 1 atom stereocenters. The number of benzene rings is 1. The van der Waals surface area contributed by atoms with Gasteiger partial charge in [-0.1, -0.05) is 19.1 Å². The fourth-order valence-electron chi connectivity index (χ4n) is 1.82. The minimum Gasteiger partial charge on any atom is -0.480 e. The zero-order valence-electron chi connectivity index (χ0n) is 11.4. The molecule has 0 bridgehead atoms. The summed E-state index contributed by atoms with van der Waals surface area (Å²) in [6.07, 6.45) is 1.94. The van der Waals surface area contributed by atoms with E-state index in [9.17, 15) is 9.59 Å². The molecule has 0 aliphatic rings. The molecule has 0 fully saturated rings. The molecular formula is C13H15N5O3. The highest BCUT2D eigenvalue weighted by molar-refractivity contribution is 5.84. The Kier molecular flexibility index (Phi) is 4.60. The van der Waals surface area contributed by atoms with Crippen molar-refractivity contribution < 1.29 is 14.7 Å². The van der Waals surface area contributed by atoms with E-state index in [0.29, 0.717) is 6.42 Å². The fraction of sp³-hybridized carbons (Fsp3) is 0.308. The third-order valence-corrected chi connectivity index (χ3v) is 2.96. The molecule has 2 rings (SSSR count). The molecule has 21 heavy (non-hydrogen) atoms. The number of carboxylic acid groups (broad SMARTS) is 1. The number of aliphatic carboxylic acids is 1. The lowest BCUT2D eigenvalue weighted by Crippen LogP contribution is -2.40. The number of nitrogens with zero attached hydrogens (tertiary/aromatic N) is 4. The number of carbonyl (C=O) groups excluding carboxylic acids is 1. The standard InChI is InChI=1S/C13H15N5O3/c1-2-11(13(20)21)15-12(19)7-9-3-5-10(6-4-9)18-8-14-16-17-18/h3-6,8,11H,2,7H2,1H3,(H,15,19)(H,20,21). The largest absolute Gasteiger partial charge is 0.480 e. The smallest absolute Gasteiger partial charge is 0.326 e. The van der Waals surface area contributed by atoms with Crippen molar-refractivity contribution in [3.05, 3.63) is 36.2 Å². The second-order valence-corrected chi connectivity index (χ2v) is 4.46. The number of amides is 1. The summed E-state index contributed by atoms with van der Waals surface area (Å²) in [6, 6.07) is 6.27. The second-order valence-electron chi connectivity index (χ2n) is 4.46. The number of tetrazole rings is 1. The van der Waals surface area contributed by atoms with Gasteiger partial charge in [0.2, 0.25) is 5.91 Å². The average molecular weight is 289 g/mol. The minimum atomic E-state index is -1.03. The molecule has 0 saturated heterocycles. The Morgan fingerprint density at radius 2 is 2.05 bits per heavy atom. The number of nitrogens with one attached hydrogen (secondary N) is 1. The topological polar surface area (TPSA) is 110 Å². The lowest BCUT2D eigenvalue weighted by molar-refractivity contribution is -0.141. The van der Waals surface area contributed by atoms with E-state index in [4.69, 9.17) is 5.11 Å². The average Bonchev–Trinajstić information content (AvgIpc) is 2.99. The van der Waals surface area contributed by atoms with Crippen LogP contribution in [0.5, 0.6) is 0 Å². The summed E-state index contributed by atoms with van der Waals surface area (Å²) in [5.74, 6) is -1.35. The summed E-state index contributed by atoms with van der Waals surface area (Å²) in [7, 11) is 0. The first-order valence-corrected chi connectivity index (χ1v) is 6.44. The number of carbonyl (C=O) groups is 2. The zero-order valence-corrected chi connectivity index (χ0v) is 11.4. The SMILES string of the molecule is CCC(NC(=O)Cc1ccc(-n2cnnn2)cc1)C(=O)O. The van der Waals surface area contributed by atoms with Crippen molar-refractivity contribution >= 4 is 11.9 Å². The summed E-state index contributed by atoms with van der Waals surface area (Å²) < 4.78 is 1.50. The Balaban J connectivity index is 1.97. The third kappa shape index (κ3) is 3.85. The van der Waals surface area contributed by atoms with Crippen LogP contribution in [0.1, 0.15) is 18.9 Å². The van der Waals surface area contributed by atoms with Gasteiger partial charge in [0.1, 0.15) is 12.4 Å². The van der Waals surface area contributed by atoms with Gasteiger partial charge < -0.3 is 10.4 Å². The highest BCUT2D eigenvalue weighted by Crippen LogP contribution is 2.08. The van der Waals surface area contributed by atoms with E-state index in [2.05, 4.69) is 20.8 Å². The maximum Gasteiger partial charge on any atom is 0.326 e. The Bertz CT molecular complexity index is 609. The molecule has 0 radical (unpaired) electrons. The molecule has 1 heterocycles. The predicted octanol–water partition coefficient (Wildman–Crippen LogP) is 0.184. The Morgan fingerprint density at radius 1 is 1.33 bits per heavy atom. The molecular weight excluding hydrogens is 274 g/mol. The summed E-state index contributed by atoms with van der Waals surface area (Å²) in [4.78, 5) is 22.6. The van der Waals surface area contributed by atoms with Crippen LogP contribution in [0.15, 0.2) is 30.6 Å². The van der Waals surface area contributed by atoms with Crippen LogP contribution in [0, 0.1) is 0 Å². The maximum atomic E-state index is 11.8. The molecule has 1 unspecified atom stereocenters. The molecule has 1 aromatic carbocycles. The zero-order chi connectivity index (χ0) is 15.2. The van der Waals surface area contributed by atoms with Gasteiger partial charge in [-0.25, -0.2) is 9.48 Å². The fourth-order valence-corrected chi connectivity index (χ4v) is 1.82. The summed E-state index contributed by atoms with van der Waals surface area (Å²) in [5.41, 5.74) is 1.56. The monoisotopic (exact) mass is 289 g/mol. The first kappa shape index (κ1) is 14.6. The molecule has 110 valence electrons. The molecule has 1 aromatic heterocycles. The van der Waals surface area contributed by atoms with Gasteiger partial charge in [-0.2, -0.15) is 0 Å². The van der Waals surface area contributed by atoms with Gasteiger partial charge in [0.15, 0.2) is 0 Å². The molecule has 0 spiro atoms. The number of hydrogen-bond donors (Lipinski definition) is 2. The van der Waals surface area contributed by atoms with Crippen LogP contribution in [0.2, 0.25) is 0 Å². The van der Waals surface area contributed by atoms with E-state index in [1.54, 1.807) is 31.2 Å². The van der Waals surface area contributed by atoms with E-state index < -0.39 is 12.0 Å². The molecule has 0 aliphatic carbocycles. The van der Waals surface area contributed by atoms with Crippen molar-refractivity contribution in [1.82, 2.24) is 25.5 Å². The highest BCUT2D eigenvalue weighted by atomic mass is 16.4. The van der Waals surface area contributed by atoms with E-state index in [1.807, 2.05) is 0 Å². The first-order chi connectivity index (χ1) is 10.1. The molecule has 1 amide bonds. The van der Waals surface area contributed by atoms with Crippen molar-refractivity contribution in [3.63, 3.8) is 0 Å². The van der Waals surface area contributed by atoms with Crippen molar-refractivity contribution in [2.45, 2.75) is 25.8 Å². The van der Waals surface area contributed by atoms with Crippen LogP contribution < -0.4 is 5.32 Å². The molecule has 8 heteroatoms. The van der Waals surface area contributed by atoms with Crippen LogP contribution in [0.4, 0.5) is 0 Å².